The largest absolute Gasteiger partial charge is 0.296 e. The van der Waals surface area contributed by atoms with E-state index in [0.717, 1.165) is 5.56 Å². The third-order valence-corrected chi connectivity index (χ3v) is 2.57. The number of nitrogens with one attached hydrogen (secondary N) is 1. The Bertz CT molecular complexity index is 388. The van der Waals surface area contributed by atoms with Gasteiger partial charge in [0.15, 0.2) is 0 Å². The van der Waals surface area contributed by atoms with E-state index in [-0.39, 0.29) is 18.2 Å². The van der Waals surface area contributed by atoms with Gasteiger partial charge in [-0.05, 0) is 18.6 Å². The average molecular weight is 190 g/mol. The normalized spacial score (nSPS) is 26.4. The van der Waals surface area contributed by atoms with E-state index < -0.39 is 5.41 Å². The van der Waals surface area contributed by atoms with E-state index in [1.165, 1.54) is 0 Å². The molecular formula is C10H10N2O2. The first-order valence-electron chi connectivity index (χ1n) is 4.38. The Morgan fingerprint density at radius 1 is 1.50 bits per heavy atom. The summed E-state index contributed by atoms with van der Waals surface area (Å²) in [6, 6.07) is 3.57. The molecule has 0 radical (unpaired) electrons. The van der Waals surface area contributed by atoms with E-state index in [1.54, 1.807) is 25.4 Å². The van der Waals surface area contributed by atoms with E-state index in [0.29, 0.717) is 0 Å². The third-order valence-electron chi connectivity index (χ3n) is 2.57. The molecule has 0 spiro atoms. The number of amides is 2. The Hall–Kier alpha value is -1.71. The van der Waals surface area contributed by atoms with Gasteiger partial charge in [0.2, 0.25) is 11.8 Å². The van der Waals surface area contributed by atoms with Gasteiger partial charge in [0.05, 0.1) is 5.41 Å². The second-order valence-electron chi connectivity index (χ2n) is 3.63. The molecule has 0 aromatic carbocycles. The van der Waals surface area contributed by atoms with Gasteiger partial charge in [0.25, 0.3) is 0 Å². The lowest BCUT2D eigenvalue weighted by Crippen LogP contribution is -2.32. The van der Waals surface area contributed by atoms with Crippen molar-refractivity contribution in [3.63, 3.8) is 0 Å². The molecule has 1 aliphatic heterocycles. The lowest BCUT2D eigenvalue weighted by Gasteiger charge is -2.18. The first-order valence-corrected chi connectivity index (χ1v) is 4.38. The SMILES string of the molecule is CC1(c2cccnc2)CC(=O)NC1=O. The number of carbonyl (C=O) groups is 2. The quantitative estimate of drug-likeness (QED) is 0.651. The Balaban J connectivity index is 2.43. The van der Waals surface area contributed by atoms with Crippen molar-refractivity contribution in [3.8, 4) is 0 Å². The number of nitrogens with zero attached hydrogens (tertiary/aromatic N) is 1. The molecule has 2 rings (SSSR count). The average Bonchev–Trinajstić information content (AvgIpc) is 2.43. The first kappa shape index (κ1) is 8.87. The molecule has 1 N–H and O–H groups in total. The maximum absolute atomic E-state index is 11.5. The zero-order valence-electron chi connectivity index (χ0n) is 7.78. The lowest BCUT2D eigenvalue weighted by atomic mass is 9.82. The van der Waals surface area contributed by atoms with E-state index in [4.69, 9.17) is 0 Å². The van der Waals surface area contributed by atoms with Crippen molar-refractivity contribution in [1.82, 2.24) is 10.3 Å². The summed E-state index contributed by atoms with van der Waals surface area (Å²) in [6.45, 7) is 1.75. The van der Waals surface area contributed by atoms with Crippen LogP contribution in [0.4, 0.5) is 0 Å². The molecule has 4 heteroatoms. The Kier molecular flexibility index (Phi) is 1.84. The minimum Gasteiger partial charge on any atom is -0.296 e. The molecule has 1 atom stereocenters. The van der Waals surface area contributed by atoms with Gasteiger partial charge in [-0.3, -0.25) is 19.9 Å². The van der Waals surface area contributed by atoms with Crippen LogP contribution in [-0.4, -0.2) is 16.8 Å². The fourth-order valence-electron chi connectivity index (χ4n) is 1.63. The number of hydrogen-bond acceptors (Lipinski definition) is 3. The molecule has 0 aliphatic carbocycles. The maximum atomic E-state index is 11.5. The highest BCUT2D eigenvalue weighted by Crippen LogP contribution is 2.30. The molecule has 2 heterocycles. The van der Waals surface area contributed by atoms with Crippen LogP contribution in [0.25, 0.3) is 0 Å². The lowest BCUT2D eigenvalue weighted by molar-refractivity contribution is -0.126. The highest BCUT2D eigenvalue weighted by molar-refractivity contribution is 6.08. The molecule has 1 aliphatic rings. The smallest absolute Gasteiger partial charge is 0.237 e. The number of rotatable bonds is 1. The number of imide groups is 1. The van der Waals surface area contributed by atoms with Crippen LogP contribution < -0.4 is 5.32 Å². The molecule has 2 amide bonds. The van der Waals surface area contributed by atoms with Crippen LogP contribution in [0.2, 0.25) is 0 Å². The van der Waals surface area contributed by atoms with Crippen molar-refractivity contribution in [2.24, 2.45) is 0 Å². The molecule has 1 unspecified atom stereocenters. The Morgan fingerprint density at radius 3 is 2.79 bits per heavy atom. The van der Waals surface area contributed by atoms with Crippen molar-refractivity contribution >= 4 is 11.8 Å². The minimum atomic E-state index is -0.745. The second-order valence-corrected chi connectivity index (χ2v) is 3.63. The van der Waals surface area contributed by atoms with E-state index >= 15 is 0 Å². The molecule has 0 bridgehead atoms. The summed E-state index contributed by atoms with van der Waals surface area (Å²) in [5, 5.41) is 2.30. The summed E-state index contributed by atoms with van der Waals surface area (Å²) in [4.78, 5) is 26.6. The van der Waals surface area contributed by atoms with Gasteiger partial charge in [-0.2, -0.15) is 0 Å². The number of aromatic nitrogens is 1. The zero-order chi connectivity index (χ0) is 10.2. The van der Waals surface area contributed by atoms with Gasteiger partial charge in [0, 0.05) is 18.8 Å². The summed E-state index contributed by atoms with van der Waals surface area (Å²) in [6.07, 6.45) is 3.47. The Labute approximate surface area is 81.3 Å². The van der Waals surface area contributed by atoms with Crippen LogP contribution in [0.1, 0.15) is 18.9 Å². The summed E-state index contributed by atoms with van der Waals surface area (Å²) >= 11 is 0. The van der Waals surface area contributed by atoms with Crippen LogP contribution in [0.15, 0.2) is 24.5 Å². The van der Waals surface area contributed by atoms with Crippen LogP contribution in [0.5, 0.6) is 0 Å². The maximum Gasteiger partial charge on any atom is 0.237 e. The van der Waals surface area contributed by atoms with E-state index in [9.17, 15) is 9.59 Å². The minimum absolute atomic E-state index is 0.206. The summed E-state index contributed by atoms with van der Waals surface area (Å²) in [7, 11) is 0. The van der Waals surface area contributed by atoms with Crippen LogP contribution in [0, 0.1) is 0 Å². The van der Waals surface area contributed by atoms with Crippen LogP contribution in [-0.2, 0) is 15.0 Å². The molecule has 0 saturated carbocycles. The number of carbonyl (C=O) groups excluding carboxylic acids is 2. The summed E-state index contributed by atoms with van der Waals surface area (Å²) in [5.41, 5.74) is 0.0362. The summed E-state index contributed by atoms with van der Waals surface area (Å²) in [5.74, 6) is -0.461. The molecule has 1 saturated heterocycles. The van der Waals surface area contributed by atoms with Crippen molar-refractivity contribution in [2.75, 3.05) is 0 Å². The van der Waals surface area contributed by atoms with Crippen LogP contribution in [0.3, 0.4) is 0 Å². The molecule has 72 valence electrons. The number of pyridine rings is 1. The van der Waals surface area contributed by atoms with Crippen molar-refractivity contribution < 1.29 is 9.59 Å². The molecule has 4 nitrogen and oxygen atoms in total. The molecule has 1 fully saturated rings. The second kappa shape index (κ2) is 2.90. The standard InChI is InChI=1S/C10H10N2O2/c1-10(5-8(13)12-9(10)14)7-3-2-4-11-6-7/h2-4,6H,5H2,1H3,(H,12,13,14). The molecule has 1 aromatic rings. The molecule has 14 heavy (non-hydrogen) atoms. The molecular weight excluding hydrogens is 180 g/mol. The fourth-order valence-corrected chi connectivity index (χ4v) is 1.63. The van der Waals surface area contributed by atoms with Gasteiger partial charge in [-0.25, -0.2) is 0 Å². The predicted molar refractivity (Wildman–Crippen MR) is 49.4 cm³/mol. The van der Waals surface area contributed by atoms with Crippen molar-refractivity contribution in [1.29, 1.82) is 0 Å². The topological polar surface area (TPSA) is 59.1 Å². The first-order chi connectivity index (χ1) is 6.63. The number of hydrogen-bond donors (Lipinski definition) is 1. The highest BCUT2D eigenvalue weighted by atomic mass is 16.2. The molecule has 1 aromatic heterocycles. The summed E-state index contributed by atoms with van der Waals surface area (Å²) < 4.78 is 0. The van der Waals surface area contributed by atoms with E-state index in [1.807, 2.05) is 6.07 Å². The third kappa shape index (κ3) is 1.19. The van der Waals surface area contributed by atoms with Crippen molar-refractivity contribution in [2.45, 2.75) is 18.8 Å². The van der Waals surface area contributed by atoms with Gasteiger partial charge in [-0.15, -0.1) is 0 Å². The van der Waals surface area contributed by atoms with Crippen LogP contribution >= 0.6 is 0 Å². The van der Waals surface area contributed by atoms with Gasteiger partial charge in [-0.1, -0.05) is 6.07 Å². The fraction of sp³-hybridized carbons (Fsp3) is 0.300. The van der Waals surface area contributed by atoms with Gasteiger partial charge in [0.1, 0.15) is 0 Å². The van der Waals surface area contributed by atoms with Gasteiger partial charge < -0.3 is 0 Å². The highest BCUT2D eigenvalue weighted by Gasteiger charge is 2.43. The predicted octanol–water partition coefficient (Wildman–Crippen LogP) is 0.386. The van der Waals surface area contributed by atoms with Gasteiger partial charge >= 0.3 is 0 Å². The van der Waals surface area contributed by atoms with Crippen molar-refractivity contribution in [3.05, 3.63) is 30.1 Å². The monoisotopic (exact) mass is 190 g/mol. The van der Waals surface area contributed by atoms with E-state index in [2.05, 4.69) is 10.3 Å². The zero-order valence-corrected chi connectivity index (χ0v) is 7.78. The Morgan fingerprint density at radius 2 is 2.29 bits per heavy atom.